The Kier molecular flexibility index (Phi) is 5.32. The molecule has 1 N–H and O–H groups in total. The Balaban J connectivity index is 1.48. The van der Waals surface area contributed by atoms with Crippen LogP contribution in [0.1, 0.15) is 41.5 Å². The van der Waals surface area contributed by atoms with E-state index in [9.17, 15) is 9.59 Å². The predicted molar refractivity (Wildman–Crippen MR) is 104 cm³/mol. The first-order valence-electron chi connectivity index (χ1n) is 9.98. The number of carbonyl (C=O) groups is 2. The number of para-hydroxylation sites is 1. The first-order valence-corrected chi connectivity index (χ1v) is 9.98. The molecule has 2 amide bonds. The zero-order valence-electron chi connectivity index (χ0n) is 16.2. The molecule has 0 saturated heterocycles. The molecule has 0 unspecified atom stereocenters. The van der Waals surface area contributed by atoms with Gasteiger partial charge in [-0.3, -0.25) is 14.3 Å². The number of hydrogen-bond acceptors (Lipinski definition) is 4. The Morgan fingerprint density at radius 2 is 2.04 bits per heavy atom. The summed E-state index contributed by atoms with van der Waals surface area (Å²) in [6.07, 6.45) is 3.17. The molecular weight excluding hydrogens is 356 g/mol. The van der Waals surface area contributed by atoms with Gasteiger partial charge in [-0.05, 0) is 37.8 Å². The van der Waals surface area contributed by atoms with E-state index in [1.165, 1.54) is 12.8 Å². The van der Waals surface area contributed by atoms with E-state index in [2.05, 4.69) is 10.4 Å². The van der Waals surface area contributed by atoms with Crippen LogP contribution in [-0.4, -0.2) is 46.2 Å². The number of nitrogens with one attached hydrogen (secondary N) is 1. The van der Waals surface area contributed by atoms with Crippen LogP contribution in [0.15, 0.2) is 30.3 Å². The van der Waals surface area contributed by atoms with Crippen molar-refractivity contribution in [1.29, 1.82) is 0 Å². The highest BCUT2D eigenvalue weighted by Crippen LogP contribution is 2.32. The third-order valence-electron chi connectivity index (χ3n) is 5.27. The minimum absolute atomic E-state index is 0.00789. The highest BCUT2D eigenvalue weighted by Gasteiger charge is 2.32. The maximum Gasteiger partial charge on any atom is 0.272 e. The van der Waals surface area contributed by atoms with Crippen LogP contribution < -0.4 is 10.1 Å². The van der Waals surface area contributed by atoms with E-state index in [0.29, 0.717) is 43.4 Å². The van der Waals surface area contributed by atoms with Crippen molar-refractivity contribution >= 4 is 11.8 Å². The van der Waals surface area contributed by atoms with Gasteiger partial charge in [-0.1, -0.05) is 18.2 Å². The first-order chi connectivity index (χ1) is 13.7. The van der Waals surface area contributed by atoms with Crippen LogP contribution in [0.5, 0.6) is 5.75 Å². The van der Waals surface area contributed by atoms with Crippen LogP contribution in [0, 0.1) is 5.92 Å². The van der Waals surface area contributed by atoms with Crippen LogP contribution in [0.25, 0.3) is 0 Å². The largest absolute Gasteiger partial charge is 0.484 e. The molecule has 1 saturated carbocycles. The minimum atomic E-state index is -0.164. The summed E-state index contributed by atoms with van der Waals surface area (Å²) < 4.78 is 7.60. The minimum Gasteiger partial charge on any atom is -0.484 e. The monoisotopic (exact) mass is 382 g/mol. The smallest absolute Gasteiger partial charge is 0.272 e. The lowest BCUT2D eigenvalue weighted by atomic mass is 10.0. The average molecular weight is 382 g/mol. The first kappa shape index (κ1) is 18.5. The van der Waals surface area contributed by atoms with Gasteiger partial charge in [-0.2, -0.15) is 5.10 Å². The second-order valence-corrected chi connectivity index (χ2v) is 7.43. The van der Waals surface area contributed by atoms with E-state index < -0.39 is 0 Å². The van der Waals surface area contributed by atoms with Crippen LogP contribution in [-0.2, 0) is 24.3 Å². The number of nitrogens with zero attached hydrogens (tertiary/aromatic N) is 3. The zero-order chi connectivity index (χ0) is 19.5. The number of rotatable bonds is 7. The number of amides is 2. The van der Waals surface area contributed by atoms with Gasteiger partial charge in [0.2, 0.25) is 0 Å². The van der Waals surface area contributed by atoms with Gasteiger partial charge in [0.25, 0.3) is 11.8 Å². The van der Waals surface area contributed by atoms with E-state index in [1.54, 1.807) is 4.90 Å². The van der Waals surface area contributed by atoms with Gasteiger partial charge in [0.05, 0.1) is 0 Å². The van der Waals surface area contributed by atoms with Crippen molar-refractivity contribution in [2.75, 3.05) is 19.7 Å². The van der Waals surface area contributed by atoms with E-state index in [1.807, 2.05) is 41.9 Å². The summed E-state index contributed by atoms with van der Waals surface area (Å²) in [6, 6.07) is 9.32. The van der Waals surface area contributed by atoms with Crippen LogP contribution >= 0.6 is 0 Å². The number of carbonyl (C=O) groups excluding carboxylic acids is 2. The molecule has 2 aromatic rings. The van der Waals surface area contributed by atoms with Gasteiger partial charge in [0.15, 0.2) is 12.3 Å². The molecule has 2 heterocycles. The van der Waals surface area contributed by atoms with Gasteiger partial charge < -0.3 is 15.0 Å². The Labute approximate surface area is 164 Å². The number of ether oxygens (including phenoxy) is 1. The van der Waals surface area contributed by atoms with Gasteiger partial charge in [-0.25, -0.2) is 0 Å². The highest BCUT2D eigenvalue weighted by molar-refractivity contribution is 5.94. The molecule has 4 rings (SSSR count). The normalized spacial score (nSPS) is 15.8. The Hall–Kier alpha value is -2.83. The van der Waals surface area contributed by atoms with Crippen molar-refractivity contribution in [1.82, 2.24) is 20.0 Å². The summed E-state index contributed by atoms with van der Waals surface area (Å²) in [7, 11) is 0. The zero-order valence-corrected chi connectivity index (χ0v) is 16.2. The molecule has 0 bridgehead atoms. The van der Waals surface area contributed by atoms with E-state index in [-0.39, 0.29) is 18.4 Å². The molecule has 0 radical (unpaired) electrons. The Morgan fingerprint density at radius 3 is 2.75 bits per heavy atom. The van der Waals surface area contributed by atoms with Gasteiger partial charge in [-0.15, -0.1) is 0 Å². The third-order valence-corrected chi connectivity index (χ3v) is 5.27. The van der Waals surface area contributed by atoms with Crippen LogP contribution in [0.3, 0.4) is 0 Å². The molecule has 7 heteroatoms. The van der Waals surface area contributed by atoms with E-state index in [4.69, 9.17) is 4.74 Å². The van der Waals surface area contributed by atoms with Crippen molar-refractivity contribution in [3.63, 3.8) is 0 Å². The maximum atomic E-state index is 12.7. The Bertz CT molecular complexity index is 858. The number of hydrogen-bond donors (Lipinski definition) is 1. The van der Waals surface area contributed by atoms with Crippen LogP contribution in [0.2, 0.25) is 0 Å². The summed E-state index contributed by atoms with van der Waals surface area (Å²) >= 11 is 0. The average Bonchev–Trinajstić information content (AvgIpc) is 3.46. The SMILES string of the molecule is CCNC(=O)c1nn(CC2CC2)c2c1CN(C(=O)COc1ccccc1)CC2. The standard InChI is InChI=1S/C21H26N4O3/c1-2-22-21(27)20-17-13-24(19(26)14-28-16-6-4-3-5-7-16)11-10-18(17)25(23-20)12-15-8-9-15/h3-7,15H,2,8-14H2,1H3,(H,22,27). The molecule has 148 valence electrons. The van der Waals surface area contributed by atoms with Gasteiger partial charge >= 0.3 is 0 Å². The molecule has 0 atom stereocenters. The quantitative estimate of drug-likeness (QED) is 0.795. The molecule has 1 aliphatic carbocycles. The summed E-state index contributed by atoms with van der Waals surface area (Å²) in [5.74, 6) is 1.10. The van der Waals surface area contributed by atoms with Gasteiger partial charge in [0, 0.05) is 43.9 Å². The fraction of sp³-hybridized carbons (Fsp3) is 0.476. The second-order valence-electron chi connectivity index (χ2n) is 7.43. The van der Waals surface area contributed by atoms with Crippen molar-refractivity contribution < 1.29 is 14.3 Å². The fourth-order valence-electron chi connectivity index (χ4n) is 3.58. The maximum absolute atomic E-state index is 12.7. The van der Waals surface area contributed by atoms with E-state index in [0.717, 1.165) is 17.8 Å². The molecular formula is C21H26N4O3. The Morgan fingerprint density at radius 1 is 1.25 bits per heavy atom. The molecule has 1 aromatic carbocycles. The molecule has 1 fully saturated rings. The number of aromatic nitrogens is 2. The van der Waals surface area contributed by atoms with Crippen molar-refractivity contribution in [2.24, 2.45) is 5.92 Å². The van der Waals surface area contributed by atoms with E-state index >= 15 is 0 Å². The molecule has 28 heavy (non-hydrogen) atoms. The number of benzene rings is 1. The highest BCUT2D eigenvalue weighted by atomic mass is 16.5. The lowest BCUT2D eigenvalue weighted by Gasteiger charge is -2.28. The van der Waals surface area contributed by atoms with Gasteiger partial charge in [0.1, 0.15) is 5.75 Å². The molecule has 2 aliphatic rings. The third kappa shape index (κ3) is 4.03. The fourth-order valence-corrected chi connectivity index (χ4v) is 3.58. The van der Waals surface area contributed by atoms with Crippen molar-refractivity contribution in [3.8, 4) is 5.75 Å². The second kappa shape index (κ2) is 8.04. The summed E-state index contributed by atoms with van der Waals surface area (Å²) in [6.45, 7) is 4.33. The molecule has 0 spiro atoms. The molecule has 1 aromatic heterocycles. The van der Waals surface area contributed by atoms with Crippen LogP contribution in [0.4, 0.5) is 0 Å². The molecule has 7 nitrogen and oxygen atoms in total. The van der Waals surface area contributed by atoms with Crippen molar-refractivity contribution in [2.45, 2.75) is 39.3 Å². The summed E-state index contributed by atoms with van der Waals surface area (Å²) in [5.41, 5.74) is 2.44. The number of fused-ring (bicyclic) bond motifs is 1. The summed E-state index contributed by atoms with van der Waals surface area (Å²) in [5, 5.41) is 7.46. The topological polar surface area (TPSA) is 76.5 Å². The lowest BCUT2D eigenvalue weighted by molar-refractivity contribution is -0.134. The predicted octanol–water partition coefficient (Wildman–Crippen LogP) is 2.01. The lowest BCUT2D eigenvalue weighted by Crippen LogP contribution is -2.39. The van der Waals surface area contributed by atoms with Crippen molar-refractivity contribution in [3.05, 3.63) is 47.3 Å². The summed E-state index contributed by atoms with van der Waals surface area (Å²) in [4.78, 5) is 26.9. The molecule has 1 aliphatic heterocycles.